The van der Waals surface area contributed by atoms with Gasteiger partial charge < -0.3 is 15.2 Å². The quantitative estimate of drug-likeness (QED) is 0.731. The van der Waals surface area contributed by atoms with Crippen LogP contribution in [0.25, 0.3) is 0 Å². The number of aryl methyl sites for hydroxylation is 1. The largest absolute Gasteiger partial charge is 0.444 e. The first kappa shape index (κ1) is 16.8. The van der Waals surface area contributed by atoms with Crippen molar-refractivity contribution in [1.29, 1.82) is 0 Å². The molecule has 1 aromatic rings. The number of anilines is 1. The molecule has 1 unspecified atom stereocenters. The summed E-state index contributed by atoms with van der Waals surface area (Å²) in [5, 5.41) is 15.1. The second kappa shape index (κ2) is 7.11. The molecule has 0 radical (unpaired) electrons. The van der Waals surface area contributed by atoms with E-state index >= 15 is 0 Å². The third kappa shape index (κ3) is 4.71. The fourth-order valence-electron chi connectivity index (χ4n) is 2.68. The van der Waals surface area contributed by atoms with E-state index in [0.717, 1.165) is 31.5 Å². The lowest BCUT2D eigenvalue weighted by molar-refractivity contribution is 0.0636. The molecule has 0 bridgehead atoms. The van der Waals surface area contributed by atoms with E-state index in [2.05, 4.69) is 16.7 Å². The molecular weight excluding hydrogens is 280 g/mol. The number of aliphatic hydroxyl groups excluding tert-OH is 1. The van der Waals surface area contributed by atoms with Crippen LogP contribution in [0.4, 0.5) is 10.5 Å². The summed E-state index contributed by atoms with van der Waals surface area (Å²) in [7, 11) is 0. The Morgan fingerprint density at radius 3 is 2.86 bits per heavy atom. The lowest BCUT2D eigenvalue weighted by atomic mass is 10.1. The van der Waals surface area contributed by atoms with Crippen LogP contribution in [0.2, 0.25) is 0 Å². The molecule has 0 heterocycles. The van der Waals surface area contributed by atoms with Gasteiger partial charge in [0.05, 0.1) is 0 Å². The van der Waals surface area contributed by atoms with Crippen LogP contribution in [0.15, 0.2) is 18.2 Å². The van der Waals surface area contributed by atoms with E-state index < -0.39 is 11.7 Å². The number of hydrogen-bond acceptors (Lipinski definition) is 4. The van der Waals surface area contributed by atoms with Crippen LogP contribution < -0.4 is 10.6 Å². The highest BCUT2D eigenvalue weighted by atomic mass is 16.6. The zero-order chi connectivity index (χ0) is 16.2. The van der Waals surface area contributed by atoms with Gasteiger partial charge in [-0.25, -0.2) is 4.79 Å². The number of fused-ring (bicyclic) bond motifs is 1. The van der Waals surface area contributed by atoms with E-state index in [4.69, 9.17) is 9.84 Å². The minimum atomic E-state index is -0.497. The fourth-order valence-corrected chi connectivity index (χ4v) is 2.68. The average Bonchev–Trinajstić information content (AvgIpc) is 2.79. The molecule has 1 aliphatic rings. The van der Waals surface area contributed by atoms with Gasteiger partial charge >= 0.3 is 6.09 Å². The summed E-state index contributed by atoms with van der Waals surface area (Å²) in [5.74, 6) is 0. The van der Waals surface area contributed by atoms with E-state index in [-0.39, 0.29) is 6.61 Å². The van der Waals surface area contributed by atoms with Crippen LogP contribution in [-0.4, -0.2) is 30.0 Å². The van der Waals surface area contributed by atoms with Gasteiger partial charge in [-0.1, -0.05) is 6.07 Å². The van der Waals surface area contributed by atoms with Crippen LogP contribution in [0.5, 0.6) is 0 Å². The van der Waals surface area contributed by atoms with Crippen molar-refractivity contribution in [2.75, 3.05) is 18.5 Å². The lowest BCUT2D eigenvalue weighted by Gasteiger charge is -2.20. The molecular formula is C17H26N2O3. The Hall–Kier alpha value is -1.59. The molecule has 1 aromatic carbocycles. The number of hydrogen-bond donors (Lipinski definition) is 3. The Kier molecular flexibility index (Phi) is 5.42. The summed E-state index contributed by atoms with van der Waals surface area (Å²) in [4.78, 5) is 11.8. The molecule has 1 aliphatic carbocycles. The smallest absolute Gasteiger partial charge is 0.412 e. The average molecular weight is 306 g/mol. The highest BCUT2D eigenvalue weighted by Crippen LogP contribution is 2.33. The fraction of sp³-hybridized carbons (Fsp3) is 0.588. The third-order valence-corrected chi connectivity index (χ3v) is 3.59. The highest BCUT2D eigenvalue weighted by molar-refractivity contribution is 5.85. The molecule has 22 heavy (non-hydrogen) atoms. The minimum absolute atomic E-state index is 0.214. The topological polar surface area (TPSA) is 70.6 Å². The number of aliphatic hydroxyl groups is 1. The van der Waals surface area contributed by atoms with Gasteiger partial charge in [-0.15, -0.1) is 0 Å². The maximum absolute atomic E-state index is 11.8. The second-order valence-electron chi connectivity index (χ2n) is 6.66. The van der Waals surface area contributed by atoms with Crippen LogP contribution in [0.1, 0.15) is 50.8 Å². The SMILES string of the molecule is CC(C)(C)OC(=O)Nc1ccc2c(c1)CCC2NCCCO. The summed E-state index contributed by atoms with van der Waals surface area (Å²) in [6, 6.07) is 6.34. The van der Waals surface area contributed by atoms with Gasteiger partial charge in [0.15, 0.2) is 0 Å². The van der Waals surface area contributed by atoms with E-state index in [1.54, 1.807) is 0 Å². The number of amides is 1. The first-order chi connectivity index (χ1) is 10.4. The molecule has 0 saturated heterocycles. The summed E-state index contributed by atoms with van der Waals surface area (Å²) < 4.78 is 5.26. The van der Waals surface area contributed by atoms with Crippen molar-refractivity contribution >= 4 is 11.8 Å². The highest BCUT2D eigenvalue weighted by Gasteiger charge is 2.22. The maximum atomic E-state index is 11.8. The number of nitrogens with one attached hydrogen (secondary N) is 2. The van der Waals surface area contributed by atoms with E-state index in [1.807, 2.05) is 32.9 Å². The first-order valence-corrected chi connectivity index (χ1v) is 7.86. The molecule has 5 heteroatoms. The Labute approximate surface area is 132 Å². The molecule has 2 rings (SSSR count). The zero-order valence-electron chi connectivity index (χ0n) is 13.6. The third-order valence-electron chi connectivity index (χ3n) is 3.59. The maximum Gasteiger partial charge on any atom is 0.412 e. The lowest BCUT2D eigenvalue weighted by Crippen LogP contribution is -2.27. The predicted molar refractivity (Wildman–Crippen MR) is 87.1 cm³/mol. The predicted octanol–water partition coefficient (Wildman–Crippen LogP) is 2.99. The van der Waals surface area contributed by atoms with Crippen molar-refractivity contribution in [3.05, 3.63) is 29.3 Å². The normalized spacial score (nSPS) is 17.2. The van der Waals surface area contributed by atoms with Gasteiger partial charge in [0.25, 0.3) is 0 Å². The number of benzene rings is 1. The standard InChI is InChI=1S/C17H26N2O3/c1-17(2,3)22-16(21)19-13-6-7-14-12(11-13)5-8-15(14)18-9-4-10-20/h6-7,11,15,18,20H,4-5,8-10H2,1-3H3,(H,19,21). The Morgan fingerprint density at radius 1 is 1.41 bits per heavy atom. The Balaban J connectivity index is 1.96. The molecule has 3 N–H and O–H groups in total. The molecule has 5 nitrogen and oxygen atoms in total. The van der Waals surface area contributed by atoms with Gasteiger partial charge in [-0.2, -0.15) is 0 Å². The minimum Gasteiger partial charge on any atom is -0.444 e. The van der Waals surface area contributed by atoms with Gasteiger partial charge in [0.2, 0.25) is 0 Å². The van der Waals surface area contributed by atoms with Crippen molar-refractivity contribution in [1.82, 2.24) is 5.32 Å². The summed E-state index contributed by atoms with van der Waals surface area (Å²) >= 11 is 0. The Morgan fingerprint density at radius 2 is 2.18 bits per heavy atom. The number of rotatable bonds is 5. The van der Waals surface area contributed by atoms with Gasteiger partial charge in [0, 0.05) is 18.3 Å². The molecule has 0 aliphatic heterocycles. The van der Waals surface area contributed by atoms with Gasteiger partial charge in [-0.3, -0.25) is 5.32 Å². The van der Waals surface area contributed by atoms with E-state index in [9.17, 15) is 4.79 Å². The van der Waals surface area contributed by atoms with Crippen molar-refractivity contribution in [2.24, 2.45) is 0 Å². The monoisotopic (exact) mass is 306 g/mol. The molecule has 1 atom stereocenters. The van der Waals surface area contributed by atoms with E-state index in [0.29, 0.717) is 6.04 Å². The molecule has 0 spiro atoms. The molecule has 0 saturated carbocycles. The van der Waals surface area contributed by atoms with Crippen LogP contribution in [0.3, 0.4) is 0 Å². The van der Waals surface area contributed by atoms with Crippen molar-refractivity contribution in [3.8, 4) is 0 Å². The first-order valence-electron chi connectivity index (χ1n) is 7.86. The summed E-state index contributed by atoms with van der Waals surface area (Å²) in [6.45, 7) is 6.57. The van der Waals surface area contributed by atoms with Gasteiger partial charge in [-0.05, 0) is 69.8 Å². The Bertz CT molecular complexity index is 523. The van der Waals surface area contributed by atoms with Crippen LogP contribution in [0, 0.1) is 0 Å². The van der Waals surface area contributed by atoms with Crippen molar-refractivity contribution in [2.45, 2.75) is 51.7 Å². The summed E-state index contributed by atoms with van der Waals surface area (Å²) in [6.07, 6.45) is 2.39. The van der Waals surface area contributed by atoms with Crippen LogP contribution in [-0.2, 0) is 11.2 Å². The number of carbonyl (C=O) groups is 1. The van der Waals surface area contributed by atoms with Gasteiger partial charge in [0.1, 0.15) is 5.60 Å². The molecule has 1 amide bonds. The number of ether oxygens (including phenoxy) is 1. The number of carbonyl (C=O) groups excluding carboxylic acids is 1. The molecule has 122 valence electrons. The zero-order valence-corrected chi connectivity index (χ0v) is 13.6. The summed E-state index contributed by atoms with van der Waals surface area (Å²) in [5.41, 5.74) is 2.81. The second-order valence-corrected chi connectivity index (χ2v) is 6.66. The van der Waals surface area contributed by atoms with E-state index in [1.165, 1.54) is 11.1 Å². The molecule has 0 aromatic heterocycles. The van der Waals surface area contributed by atoms with Crippen LogP contribution >= 0.6 is 0 Å². The van der Waals surface area contributed by atoms with Crippen molar-refractivity contribution in [3.63, 3.8) is 0 Å². The molecule has 0 fully saturated rings. The van der Waals surface area contributed by atoms with Crippen molar-refractivity contribution < 1.29 is 14.6 Å².